The summed E-state index contributed by atoms with van der Waals surface area (Å²) in [5, 5.41) is 14.7. The standard InChI is InChI=1S/C23H26N6/c1-3-17(4-2)23(29-16-24-15-27-29)19-7-11-22(12-8-19)28-21-9-5-18(6-10-21)20-13-25-26-14-20/h5-17,23,28H,3-4H2,1-2H3,(H,25,26). The van der Waals surface area contributed by atoms with Crippen LogP contribution in [0.3, 0.4) is 0 Å². The molecule has 0 saturated carbocycles. The van der Waals surface area contributed by atoms with Gasteiger partial charge in [-0.3, -0.25) is 5.10 Å². The van der Waals surface area contributed by atoms with Crippen molar-refractivity contribution in [2.75, 3.05) is 5.32 Å². The molecule has 148 valence electrons. The molecule has 1 atom stereocenters. The van der Waals surface area contributed by atoms with E-state index in [1.807, 2.05) is 23.4 Å². The molecule has 0 saturated heterocycles. The Bertz CT molecular complexity index is 985. The highest BCUT2D eigenvalue weighted by atomic mass is 15.3. The van der Waals surface area contributed by atoms with Crippen LogP contribution in [0.25, 0.3) is 11.1 Å². The van der Waals surface area contributed by atoms with Gasteiger partial charge < -0.3 is 5.32 Å². The summed E-state index contributed by atoms with van der Waals surface area (Å²) in [5.41, 5.74) is 5.59. The molecule has 1 unspecified atom stereocenters. The van der Waals surface area contributed by atoms with Gasteiger partial charge in [-0.1, -0.05) is 51.0 Å². The summed E-state index contributed by atoms with van der Waals surface area (Å²) in [6.07, 6.45) is 9.35. The van der Waals surface area contributed by atoms with Gasteiger partial charge in [0.15, 0.2) is 0 Å². The van der Waals surface area contributed by atoms with Gasteiger partial charge in [-0.15, -0.1) is 0 Å². The number of rotatable bonds is 8. The normalized spacial score (nSPS) is 12.2. The first-order chi connectivity index (χ1) is 14.3. The van der Waals surface area contributed by atoms with Gasteiger partial charge in [0.05, 0.1) is 12.2 Å². The van der Waals surface area contributed by atoms with Crippen LogP contribution in [-0.2, 0) is 0 Å². The second kappa shape index (κ2) is 8.73. The van der Waals surface area contributed by atoms with Crippen molar-refractivity contribution in [2.24, 2.45) is 5.92 Å². The SMILES string of the molecule is CCC(CC)C(c1ccc(Nc2ccc(-c3cn[nH]c3)cc2)cc1)n1cncn1. The van der Waals surface area contributed by atoms with Gasteiger partial charge in [0.25, 0.3) is 0 Å². The number of aromatic amines is 1. The Labute approximate surface area is 171 Å². The van der Waals surface area contributed by atoms with Crippen molar-refractivity contribution < 1.29 is 0 Å². The quantitative estimate of drug-likeness (QED) is 0.423. The highest BCUT2D eigenvalue weighted by Gasteiger charge is 2.23. The van der Waals surface area contributed by atoms with Gasteiger partial charge in [0.2, 0.25) is 0 Å². The molecular weight excluding hydrogens is 360 g/mol. The topological polar surface area (TPSA) is 71.4 Å². The zero-order valence-corrected chi connectivity index (χ0v) is 16.8. The van der Waals surface area contributed by atoms with Crippen molar-refractivity contribution in [1.29, 1.82) is 0 Å². The third kappa shape index (κ3) is 4.21. The molecule has 2 aromatic heterocycles. The fourth-order valence-electron chi connectivity index (χ4n) is 3.82. The molecule has 0 radical (unpaired) electrons. The smallest absolute Gasteiger partial charge is 0.137 e. The number of anilines is 2. The van der Waals surface area contributed by atoms with Crippen molar-refractivity contribution in [3.8, 4) is 11.1 Å². The monoisotopic (exact) mass is 386 g/mol. The Morgan fingerprint density at radius 1 is 0.931 bits per heavy atom. The summed E-state index contributed by atoms with van der Waals surface area (Å²) < 4.78 is 1.98. The third-order valence-corrected chi connectivity index (χ3v) is 5.47. The Morgan fingerprint density at radius 3 is 2.17 bits per heavy atom. The van der Waals surface area contributed by atoms with Gasteiger partial charge in [-0.05, 0) is 41.3 Å². The highest BCUT2D eigenvalue weighted by Crippen LogP contribution is 2.31. The average molecular weight is 387 g/mol. The molecule has 2 aromatic carbocycles. The minimum atomic E-state index is 0.204. The number of aromatic nitrogens is 5. The summed E-state index contributed by atoms with van der Waals surface area (Å²) in [7, 11) is 0. The molecule has 6 nitrogen and oxygen atoms in total. The molecule has 0 amide bonds. The maximum absolute atomic E-state index is 4.41. The molecule has 4 rings (SSSR count). The molecule has 2 N–H and O–H groups in total. The van der Waals surface area contributed by atoms with E-state index < -0.39 is 0 Å². The second-order valence-electron chi connectivity index (χ2n) is 7.21. The number of benzene rings is 2. The molecule has 0 fully saturated rings. The molecule has 4 aromatic rings. The lowest BCUT2D eigenvalue weighted by Gasteiger charge is -2.26. The van der Waals surface area contributed by atoms with E-state index in [1.54, 1.807) is 6.33 Å². The van der Waals surface area contributed by atoms with Crippen LogP contribution in [0.4, 0.5) is 11.4 Å². The van der Waals surface area contributed by atoms with Crippen molar-refractivity contribution >= 4 is 11.4 Å². The van der Waals surface area contributed by atoms with Crippen LogP contribution in [0.1, 0.15) is 38.3 Å². The van der Waals surface area contributed by atoms with E-state index >= 15 is 0 Å². The van der Waals surface area contributed by atoms with E-state index in [9.17, 15) is 0 Å². The molecule has 0 aliphatic rings. The minimum absolute atomic E-state index is 0.204. The molecule has 6 heteroatoms. The number of nitrogens with one attached hydrogen (secondary N) is 2. The van der Waals surface area contributed by atoms with Crippen LogP contribution in [0, 0.1) is 5.92 Å². The van der Waals surface area contributed by atoms with Crippen molar-refractivity contribution in [3.05, 3.63) is 79.1 Å². The predicted molar refractivity (Wildman–Crippen MR) is 116 cm³/mol. The molecule has 29 heavy (non-hydrogen) atoms. The third-order valence-electron chi connectivity index (χ3n) is 5.47. The van der Waals surface area contributed by atoms with E-state index in [2.05, 4.69) is 88.0 Å². The number of hydrogen-bond donors (Lipinski definition) is 2. The largest absolute Gasteiger partial charge is 0.356 e. The van der Waals surface area contributed by atoms with E-state index in [-0.39, 0.29) is 6.04 Å². The van der Waals surface area contributed by atoms with E-state index in [1.165, 1.54) is 5.56 Å². The first kappa shape index (κ1) is 18.9. The van der Waals surface area contributed by atoms with Crippen LogP contribution in [0.2, 0.25) is 0 Å². The second-order valence-corrected chi connectivity index (χ2v) is 7.21. The lowest BCUT2D eigenvalue weighted by Crippen LogP contribution is -2.20. The van der Waals surface area contributed by atoms with Gasteiger partial charge in [0, 0.05) is 23.1 Å². The fraction of sp³-hybridized carbons (Fsp3) is 0.261. The van der Waals surface area contributed by atoms with Crippen LogP contribution < -0.4 is 5.32 Å². The molecular formula is C23H26N6. The lowest BCUT2D eigenvalue weighted by atomic mass is 9.89. The van der Waals surface area contributed by atoms with Crippen molar-refractivity contribution in [3.63, 3.8) is 0 Å². The fourth-order valence-corrected chi connectivity index (χ4v) is 3.82. The summed E-state index contributed by atoms with van der Waals surface area (Å²) in [5.74, 6) is 0.519. The molecule has 0 aliphatic heterocycles. The zero-order chi connectivity index (χ0) is 20.1. The maximum Gasteiger partial charge on any atom is 0.137 e. The Morgan fingerprint density at radius 2 is 1.62 bits per heavy atom. The van der Waals surface area contributed by atoms with Crippen molar-refractivity contribution in [1.82, 2.24) is 25.0 Å². The van der Waals surface area contributed by atoms with Gasteiger partial charge in [-0.2, -0.15) is 10.2 Å². The minimum Gasteiger partial charge on any atom is -0.356 e. The maximum atomic E-state index is 4.41. The summed E-state index contributed by atoms with van der Waals surface area (Å²) in [6, 6.07) is 17.2. The highest BCUT2D eigenvalue weighted by molar-refractivity contribution is 5.67. The Kier molecular flexibility index (Phi) is 5.70. The van der Waals surface area contributed by atoms with Crippen LogP contribution in [-0.4, -0.2) is 25.0 Å². The zero-order valence-electron chi connectivity index (χ0n) is 16.8. The Hall–Kier alpha value is -3.41. The number of hydrogen-bond acceptors (Lipinski definition) is 4. The van der Waals surface area contributed by atoms with E-state index in [0.717, 1.165) is 35.3 Å². The number of H-pyrrole nitrogens is 1. The Balaban J connectivity index is 1.51. The van der Waals surface area contributed by atoms with Crippen LogP contribution in [0.5, 0.6) is 0 Å². The first-order valence-electron chi connectivity index (χ1n) is 10.1. The van der Waals surface area contributed by atoms with Gasteiger partial charge >= 0.3 is 0 Å². The average Bonchev–Trinajstić information content (AvgIpc) is 3.48. The van der Waals surface area contributed by atoms with E-state index in [4.69, 9.17) is 0 Å². The number of nitrogens with zero attached hydrogens (tertiary/aromatic N) is 4. The van der Waals surface area contributed by atoms with E-state index in [0.29, 0.717) is 5.92 Å². The van der Waals surface area contributed by atoms with Crippen molar-refractivity contribution in [2.45, 2.75) is 32.7 Å². The predicted octanol–water partition coefficient (Wildman–Crippen LogP) is 5.44. The molecule has 0 aliphatic carbocycles. The molecule has 2 heterocycles. The lowest BCUT2D eigenvalue weighted by molar-refractivity contribution is 0.332. The van der Waals surface area contributed by atoms with Crippen LogP contribution >= 0.6 is 0 Å². The first-order valence-corrected chi connectivity index (χ1v) is 10.1. The summed E-state index contributed by atoms with van der Waals surface area (Å²) >= 11 is 0. The summed E-state index contributed by atoms with van der Waals surface area (Å²) in [6.45, 7) is 4.47. The summed E-state index contributed by atoms with van der Waals surface area (Å²) in [4.78, 5) is 4.15. The molecule has 0 spiro atoms. The van der Waals surface area contributed by atoms with Crippen LogP contribution in [0.15, 0.2) is 73.6 Å². The molecule has 0 bridgehead atoms. The van der Waals surface area contributed by atoms with Gasteiger partial charge in [0.1, 0.15) is 12.7 Å². The van der Waals surface area contributed by atoms with Gasteiger partial charge in [-0.25, -0.2) is 9.67 Å².